The summed E-state index contributed by atoms with van der Waals surface area (Å²) in [6.07, 6.45) is -1.18. The van der Waals surface area contributed by atoms with Crippen LogP contribution in [0.2, 0.25) is 0 Å². The molecule has 0 saturated heterocycles. The third kappa shape index (κ3) is 8.47. The number of amides is 1. The van der Waals surface area contributed by atoms with Crippen LogP contribution in [0.1, 0.15) is 41.0 Å². The minimum absolute atomic E-state index is 0.318. The Hall–Kier alpha value is -1.33. The fourth-order valence-electron chi connectivity index (χ4n) is 1.14. The van der Waals surface area contributed by atoms with E-state index >= 15 is 0 Å². The number of hydrogen-bond donors (Lipinski definition) is 2. The summed E-state index contributed by atoms with van der Waals surface area (Å²) in [5, 5.41) is 11.0. The van der Waals surface area contributed by atoms with Crippen molar-refractivity contribution in [3.05, 3.63) is 0 Å². The molecular weight excluding hydrogens is 229 g/mol. The molecule has 0 aromatic heterocycles. The third-order valence-electron chi connectivity index (χ3n) is 1.68. The van der Waals surface area contributed by atoms with Crippen molar-refractivity contribution < 1.29 is 23.8 Å². The normalized spacial score (nSPS) is 14.0. The van der Waals surface area contributed by atoms with Crippen LogP contribution in [-0.2, 0) is 9.53 Å². The van der Waals surface area contributed by atoms with E-state index in [1.807, 2.05) is 0 Å². The zero-order valence-corrected chi connectivity index (χ0v) is 10.8. The zero-order valence-electron chi connectivity index (χ0n) is 10.8. The number of rotatable bonds is 4. The van der Waals surface area contributed by atoms with Gasteiger partial charge in [0.1, 0.15) is 17.3 Å². The lowest BCUT2D eigenvalue weighted by atomic mass is 10.0. The molecule has 0 aliphatic carbocycles. The van der Waals surface area contributed by atoms with Crippen molar-refractivity contribution in [2.45, 2.75) is 58.4 Å². The van der Waals surface area contributed by atoms with Gasteiger partial charge in [0.15, 0.2) is 0 Å². The van der Waals surface area contributed by atoms with Crippen LogP contribution in [0.4, 0.5) is 9.18 Å². The highest BCUT2D eigenvalue weighted by atomic mass is 19.1. The van der Waals surface area contributed by atoms with Gasteiger partial charge in [-0.2, -0.15) is 0 Å². The Morgan fingerprint density at radius 3 is 2.06 bits per heavy atom. The van der Waals surface area contributed by atoms with Crippen molar-refractivity contribution in [2.75, 3.05) is 0 Å². The van der Waals surface area contributed by atoms with Crippen LogP contribution in [0.5, 0.6) is 0 Å². The zero-order chi connectivity index (χ0) is 13.9. The van der Waals surface area contributed by atoms with Crippen molar-refractivity contribution in [2.24, 2.45) is 0 Å². The highest BCUT2D eigenvalue weighted by Gasteiger charge is 2.30. The summed E-state index contributed by atoms with van der Waals surface area (Å²) in [5.41, 5.74) is -2.41. The summed E-state index contributed by atoms with van der Waals surface area (Å²) in [6, 6.07) is -1.30. The number of ether oxygens (including phenoxy) is 1. The second kappa shape index (κ2) is 5.33. The van der Waals surface area contributed by atoms with E-state index in [0.29, 0.717) is 0 Å². The van der Waals surface area contributed by atoms with Gasteiger partial charge in [0.25, 0.3) is 0 Å². The Bertz CT molecular complexity index is 291. The van der Waals surface area contributed by atoms with E-state index in [4.69, 9.17) is 9.84 Å². The molecule has 0 aromatic rings. The minimum Gasteiger partial charge on any atom is -0.480 e. The van der Waals surface area contributed by atoms with E-state index in [1.165, 1.54) is 13.8 Å². The van der Waals surface area contributed by atoms with Crippen LogP contribution in [-0.4, -0.2) is 34.5 Å². The van der Waals surface area contributed by atoms with Gasteiger partial charge in [-0.15, -0.1) is 0 Å². The molecule has 6 heteroatoms. The number of carbonyl (C=O) groups excluding carboxylic acids is 1. The van der Waals surface area contributed by atoms with Gasteiger partial charge in [-0.25, -0.2) is 14.0 Å². The van der Waals surface area contributed by atoms with E-state index in [2.05, 4.69) is 5.32 Å². The maximum absolute atomic E-state index is 13.3. The molecule has 1 atom stereocenters. The second-order valence-corrected chi connectivity index (χ2v) is 5.46. The lowest BCUT2D eigenvalue weighted by Gasteiger charge is -2.24. The molecule has 0 unspecified atom stereocenters. The highest BCUT2D eigenvalue weighted by molar-refractivity contribution is 5.80. The number of carboxylic acids is 1. The molecule has 0 aliphatic rings. The Morgan fingerprint density at radius 2 is 1.76 bits per heavy atom. The molecule has 2 N–H and O–H groups in total. The van der Waals surface area contributed by atoms with Crippen LogP contribution in [0.3, 0.4) is 0 Å². The predicted molar refractivity (Wildman–Crippen MR) is 60.6 cm³/mol. The number of carboxylic acid groups (broad SMARTS) is 1. The molecule has 100 valence electrons. The third-order valence-corrected chi connectivity index (χ3v) is 1.68. The van der Waals surface area contributed by atoms with Crippen LogP contribution >= 0.6 is 0 Å². The van der Waals surface area contributed by atoms with Crippen LogP contribution in [0, 0.1) is 0 Å². The van der Waals surface area contributed by atoms with E-state index in [0.717, 1.165) is 0 Å². The first kappa shape index (κ1) is 15.7. The van der Waals surface area contributed by atoms with Gasteiger partial charge in [-0.05, 0) is 34.6 Å². The molecule has 1 amide bonds. The molecule has 17 heavy (non-hydrogen) atoms. The number of nitrogens with one attached hydrogen (secondary N) is 1. The van der Waals surface area contributed by atoms with Gasteiger partial charge in [0.05, 0.1) is 0 Å². The predicted octanol–water partition coefficient (Wildman–Crippen LogP) is 2.10. The summed E-state index contributed by atoms with van der Waals surface area (Å²) in [4.78, 5) is 22.2. The van der Waals surface area contributed by atoms with Crippen LogP contribution in [0.15, 0.2) is 0 Å². The Labute approximate surface area is 100 Å². The van der Waals surface area contributed by atoms with Crippen molar-refractivity contribution in [1.82, 2.24) is 5.32 Å². The van der Waals surface area contributed by atoms with Gasteiger partial charge in [-0.1, -0.05) is 0 Å². The molecule has 0 rings (SSSR count). The smallest absolute Gasteiger partial charge is 0.408 e. The van der Waals surface area contributed by atoms with E-state index < -0.39 is 29.4 Å². The van der Waals surface area contributed by atoms with Gasteiger partial charge in [-0.3, -0.25) is 0 Å². The fraction of sp³-hybridized carbons (Fsp3) is 0.818. The maximum Gasteiger partial charge on any atom is 0.408 e. The molecule has 0 aliphatic heterocycles. The van der Waals surface area contributed by atoms with Crippen LogP contribution in [0.25, 0.3) is 0 Å². The SMILES string of the molecule is CC(C)(F)C[C@H](NC(=O)OC(C)(C)C)C(=O)O. The van der Waals surface area contributed by atoms with E-state index in [1.54, 1.807) is 20.8 Å². The molecule has 0 bridgehead atoms. The van der Waals surface area contributed by atoms with Gasteiger partial charge in [0, 0.05) is 6.42 Å². The Kier molecular flexibility index (Phi) is 4.92. The summed E-state index contributed by atoms with van der Waals surface area (Å²) < 4.78 is 18.2. The standard InChI is InChI=1S/C11H20FNO4/c1-10(2,3)17-9(16)13-7(8(14)15)6-11(4,5)12/h7H,6H2,1-5H3,(H,13,16)(H,14,15)/t7-/m0/s1. The number of halogens is 1. The number of aliphatic carboxylic acids is 1. The second-order valence-electron chi connectivity index (χ2n) is 5.46. The summed E-state index contributed by atoms with van der Waals surface area (Å²) in [6.45, 7) is 7.46. The van der Waals surface area contributed by atoms with Crippen molar-refractivity contribution in [3.8, 4) is 0 Å². The van der Waals surface area contributed by atoms with Crippen molar-refractivity contribution >= 4 is 12.1 Å². The summed E-state index contributed by atoms with van der Waals surface area (Å²) in [7, 11) is 0. The lowest BCUT2D eigenvalue weighted by molar-refractivity contribution is -0.140. The topological polar surface area (TPSA) is 75.6 Å². The van der Waals surface area contributed by atoms with Gasteiger partial charge >= 0.3 is 12.1 Å². The molecule has 0 fully saturated rings. The molecule has 0 radical (unpaired) electrons. The largest absolute Gasteiger partial charge is 0.480 e. The summed E-state index contributed by atoms with van der Waals surface area (Å²) in [5.74, 6) is -1.29. The quantitative estimate of drug-likeness (QED) is 0.800. The molecule has 5 nitrogen and oxygen atoms in total. The van der Waals surface area contributed by atoms with Gasteiger partial charge in [0.2, 0.25) is 0 Å². The number of hydrogen-bond acceptors (Lipinski definition) is 3. The number of alkyl halides is 1. The van der Waals surface area contributed by atoms with Crippen molar-refractivity contribution in [3.63, 3.8) is 0 Å². The molecule has 0 saturated carbocycles. The monoisotopic (exact) mass is 249 g/mol. The Balaban J connectivity index is 4.47. The first-order valence-corrected chi connectivity index (χ1v) is 5.32. The number of carbonyl (C=O) groups is 2. The Morgan fingerprint density at radius 1 is 1.29 bits per heavy atom. The first-order valence-electron chi connectivity index (χ1n) is 5.32. The van der Waals surface area contributed by atoms with E-state index in [-0.39, 0.29) is 6.42 Å². The minimum atomic E-state index is -1.68. The van der Waals surface area contributed by atoms with Crippen molar-refractivity contribution in [1.29, 1.82) is 0 Å². The van der Waals surface area contributed by atoms with Gasteiger partial charge < -0.3 is 15.2 Å². The average Bonchev–Trinajstić information content (AvgIpc) is 1.95. The molecular formula is C11H20FNO4. The highest BCUT2D eigenvalue weighted by Crippen LogP contribution is 2.17. The average molecular weight is 249 g/mol. The fourth-order valence-corrected chi connectivity index (χ4v) is 1.14. The lowest BCUT2D eigenvalue weighted by Crippen LogP contribution is -2.46. The van der Waals surface area contributed by atoms with E-state index in [9.17, 15) is 14.0 Å². The first-order chi connectivity index (χ1) is 7.41. The van der Waals surface area contributed by atoms with Crippen LogP contribution < -0.4 is 5.32 Å². The number of alkyl carbamates (subject to hydrolysis) is 1. The molecule has 0 aromatic carbocycles. The maximum atomic E-state index is 13.3. The molecule has 0 heterocycles. The molecule has 0 spiro atoms. The summed E-state index contributed by atoms with van der Waals surface area (Å²) >= 11 is 0.